The second kappa shape index (κ2) is 6.21. The van der Waals surface area contributed by atoms with Crippen LogP contribution in [0.1, 0.15) is 0 Å². The zero-order valence-corrected chi connectivity index (χ0v) is 12.4. The Morgan fingerprint density at radius 2 is 0.958 bits per heavy atom. The summed E-state index contributed by atoms with van der Waals surface area (Å²) in [7, 11) is 0. The minimum Gasteiger partial charge on any atom is -0.243 e. The van der Waals surface area contributed by atoms with E-state index in [9.17, 15) is 0 Å². The fraction of sp³-hybridized carbons (Fsp3) is 0. The van der Waals surface area contributed by atoms with E-state index in [0.717, 1.165) is 0 Å². The SMILES string of the molecule is c1cc(-c2cccc(-c3nccnn3)n2)nc(-c2nccnn2)c1. The van der Waals surface area contributed by atoms with Crippen molar-refractivity contribution >= 4 is 0 Å². The van der Waals surface area contributed by atoms with Crippen molar-refractivity contribution < 1.29 is 0 Å². The Labute approximate surface area is 136 Å². The number of hydrogen-bond acceptors (Lipinski definition) is 8. The molecule has 0 bridgehead atoms. The Hall–Kier alpha value is -3.68. The highest BCUT2D eigenvalue weighted by Gasteiger charge is 2.09. The Morgan fingerprint density at radius 1 is 0.500 bits per heavy atom. The Balaban J connectivity index is 1.75. The summed E-state index contributed by atoms with van der Waals surface area (Å²) < 4.78 is 0. The average molecular weight is 314 g/mol. The molecule has 0 amide bonds. The van der Waals surface area contributed by atoms with Gasteiger partial charge in [-0.15, -0.1) is 10.2 Å². The maximum Gasteiger partial charge on any atom is 0.200 e. The summed E-state index contributed by atoms with van der Waals surface area (Å²) in [5.74, 6) is 0.928. The van der Waals surface area contributed by atoms with Crippen LogP contribution in [-0.4, -0.2) is 40.3 Å². The van der Waals surface area contributed by atoms with Crippen LogP contribution in [0.3, 0.4) is 0 Å². The first-order valence-corrected chi connectivity index (χ1v) is 7.13. The van der Waals surface area contributed by atoms with Crippen LogP contribution in [0.4, 0.5) is 0 Å². The van der Waals surface area contributed by atoms with Gasteiger partial charge in [-0.05, 0) is 24.3 Å². The van der Waals surface area contributed by atoms with Crippen LogP contribution in [-0.2, 0) is 0 Å². The van der Waals surface area contributed by atoms with Crippen LogP contribution in [0, 0.1) is 0 Å². The summed E-state index contributed by atoms with van der Waals surface area (Å²) in [5.41, 5.74) is 2.66. The number of nitrogens with zero attached hydrogens (tertiary/aromatic N) is 8. The van der Waals surface area contributed by atoms with Gasteiger partial charge in [0.1, 0.15) is 11.4 Å². The lowest BCUT2D eigenvalue weighted by atomic mass is 10.2. The van der Waals surface area contributed by atoms with Crippen molar-refractivity contribution in [1.82, 2.24) is 40.3 Å². The van der Waals surface area contributed by atoms with Crippen molar-refractivity contribution in [2.24, 2.45) is 0 Å². The fourth-order valence-electron chi connectivity index (χ4n) is 2.13. The van der Waals surface area contributed by atoms with Gasteiger partial charge in [-0.1, -0.05) is 12.1 Å². The summed E-state index contributed by atoms with van der Waals surface area (Å²) in [6.07, 6.45) is 6.20. The number of aromatic nitrogens is 8. The topological polar surface area (TPSA) is 103 Å². The van der Waals surface area contributed by atoms with Gasteiger partial charge in [0.05, 0.1) is 23.8 Å². The van der Waals surface area contributed by atoms with E-state index in [1.165, 1.54) is 12.4 Å². The predicted octanol–water partition coefficient (Wildman–Crippen LogP) is 1.85. The molecule has 24 heavy (non-hydrogen) atoms. The van der Waals surface area contributed by atoms with E-state index in [1.807, 2.05) is 36.4 Å². The van der Waals surface area contributed by atoms with E-state index in [1.54, 1.807) is 12.4 Å². The zero-order valence-electron chi connectivity index (χ0n) is 12.4. The average Bonchev–Trinajstić information content (AvgIpc) is 2.70. The molecule has 8 heteroatoms. The maximum atomic E-state index is 4.56. The van der Waals surface area contributed by atoms with E-state index in [2.05, 4.69) is 40.3 Å². The van der Waals surface area contributed by atoms with Crippen molar-refractivity contribution in [2.75, 3.05) is 0 Å². The highest BCUT2D eigenvalue weighted by molar-refractivity contribution is 5.62. The molecule has 4 aromatic rings. The van der Waals surface area contributed by atoms with E-state index >= 15 is 0 Å². The van der Waals surface area contributed by atoms with Crippen LogP contribution in [0.15, 0.2) is 61.2 Å². The van der Waals surface area contributed by atoms with E-state index < -0.39 is 0 Å². The molecule has 0 spiro atoms. The van der Waals surface area contributed by atoms with E-state index in [4.69, 9.17) is 0 Å². The molecule has 0 aliphatic rings. The fourth-order valence-corrected chi connectivity index (χ4v) is 2.13. The third kappa shape index (κ3) is 2.80. The van der Waals surface area contributed by atoms with Gasteiger partial charge >= 0.3 is 0 Å². The molecule has 0 fully saturated rings. The molecule has 0 N–H and O–H groups in total. The lowest BCUT2D eigenvalue weighted by Gasteiger charge is -2.04. The molecular weight excluding hydrogens is 304 g/mol. The lowest BCUT2D eigenvalue weighted by Crippen LogP contribution is -1.97. The van der Waals surface area contributed by atoms with Crippen LogP contribution in [0.25, 0.3) is 34.4 Å². The van der Waals surface area contributed by atoms with Gasteiger partial charge in [0.15, 0.2) is 11.6 Å². The van der Waals surface area contributed by atoms with Crippen LogP contribution in [0.5, 0.6) is 0 Å². The van der Waals surface area contributed by atoms with Crippen LogP contribution < -0.4 is 0 Å². The summed E-state index contributed by atoms with van der Waals surface area (Å²) in [4.78, 5) is 17.5. The molecule has 0 radical (unpaired) electrons. The molecule has 4 rings (SSSR count). The maximum absolute atomic E-state index is 4.56. The molecule has 0 unspecified atom stereocenters. The van der Waals surface area contributed by atoms with Crippen LogP contribution in [0.2, 0.25) is 0 Å². The van der Waals surface area contributed by atoms with Gasteiger partial charge in [-0.3, -0.25) is 0 Å². The van der Waals surface area contributed by atoms with Crippen molar-refractivity contribution in [3.63, 3.8) is 0 Å². The first-order valence-electron chi connectivity index (χ1n) is 7.13. The number of pyridine rings is 2. The van der Waals surface area contributed by atoms with E-state index in [0.29, 0.717) is 34.4 Å². The number of rotatable bonds is 3. The minimum atomic E-state index is 0.464. The molecular formula is C16H10N8. The van der Waals surface area contributed by atoms with Gasteiger partial charge in [-0.25, -0.2) is 19.9 Å². The van der Waals surface area contributed by atoms with E-state index in [-0.39, 0.29) is 0 Å². The smallest absolute Gasteiger partial charge is 0.200 e. The Morgan fingerprint density at radius 3 is 1.38 bits per heavy atom. The summed E-state index contributed by atoms with van der Waals surface area (Å²) in [5, 5.41) is 15.6. The minimum absolute atomic E-state index is 0.464. The molecule has 0 aliphatic heterocycles. The Bertz CT molecular complexity index is 879. The summed E-state index contributed by atoms with van der Waals surface area (Å²) in [6, 6.07) is 11.2. The summed E-state index contributed by atoms with van der Waals surface area (Å²) in [6.45, 7) is 0. The quantitative estimate of drug-likeness (QED) is 0.564. The number of hydrogen-bond donors (Lipinski definition) is 0. The normalized spacial score (nSPS) is 10.5. The third-order valence-corrected chi connectivity index (χ3v) is 3.18. The molecule has 0 atom stereocenters. The van der Waals surface area contributed by atoms with Gasteiger partial charge in [0, 0.05) is 12.4 Å². The van der Waals surface area contributed by atoms with Gasteiger partial charge in [-0.2, -0.15) is 10.2 Å². The highest BCUT2D eigenvalue weighted by atomic mass is 15.2. The molecule has 0 saturated heterocycles. The second-order valence-corrected chi connectivity index (χ2v) is 4.75. The first kappa shape index (κ1) is 13.9. The largest absolute Gasteiger partial charge is 0.243 e. The monoisotopic (exact) mass is 314 g/mol. The molecule has 0 aliphatic carbocycles. The second-order valence-electron chi connectivity index (χ2n) is 4.75. The molecule has 114 valence electrons. The molecule has 0 aromatic carbocycles. The molecule has 8 nitrogen and oxygen atoms in total. The highest BCUT2D eigenvalue weighted by Crippen LogP contribution is 2.21. The molecule has 4 aromatic heterocycles. The van der Waals surface area contributed by atoms with Crippen molar-refractivity contribution in [1.29, 1.82) is 0 Å². The predicted molar refractivity (Wildman–Crippen MR) is 85.1 cm³/mol. The lowest BCUT2D eigenvalue weighted by molar-refractivity contribution is 0.967. The van der Waals surface area contributed by atoms with Gasteiger partial charge < -0.3 is 0 Å². The first-order chi connectivity index (χ1) is 11.9. The standard InChI is InChI=1S/C16H10N8/c1-3-11(21-13(5-1)15-17-7-9-19-23-15)12-4-2-6-14(22-12)16-18-8-10-20-24-16/h1-10H. The van der Waals surface area contributed by atoms with Crippen molar-refractivity contribution in [3.05, 3.63) is 61.2 Å². The summed E-state index contributed by atoms with van der Waals surface area (Å²) >= 11 is 0. The third-order valence-electron chi connectivity index (χ3n) is 3.18. The van der Waals surface area contributed by atoms with Gasteiger partial charge in [0.25, 0.3) is 0 Å². The van der Waals surface area contributed by atoms with Crippen LogP contribution >= 0.6 is 0 Å². The Kier molecular flexibility index (Phi) is 3.61. The zero-order chi connectivity index (χ0) is 16.2. The molecule has 4 heterocycles. The van der Waals surface area contributed by atoms with Crippen molar-refractivity contribution in [2.45, 2.75) is 0 Å². The van der Waals surface area contributed by atoms with Gasteiger partial charge in [0.2, 0.25) is 0 Å². The van der Waals surface area contributed by atoms with Crippen molar-refractivity contribution in [3.8, 4) is 34.4 Å². The molecule has 0 saturated carbocycles.